The smallest absolute Gasteiger partial charge is 0.252 e. The third kappa shape index (κ3) is 2.66. The number of rotatable bonds is 3. The van der Waals surface area contributed by atoms with Crippen LogP contribution in [0.25, 0.3) is 5.95 Å². The van der Waals surface area contributed by atoms with Gasteiger partial charge in [0.15, 0.2) is 5.82 Å². The molecular weight excluding hydrogens is 356 g/mol. The van der Waals surface area contributed by atoms with Crippen molar-refractivity contribution in [3.8, 4) is 5.95 Å². The summed E-state index contributed by atoms with van der Waals surface area (Å²) in [7, 11) is 0. The highest BCUT2D eigenvalue weighted by atomic mass is 79.9. The molecular formula is C16H15BrN6. The predicted octanol–water partition coefficient (Wildman–Crippen LogP) is 2.90. The molecule has 0 aliphatic carbocycles. The van der Waals surface area contributed by atoms with E-state index in [9.17, 15) is 0 Å². The first-order valence-corrected chi connectivity index (χ1v) is 8.22. The normalized spacial score (nSPS) is 15.6. The van der Waals surface area contributed by atoms with Crippen LogP contribution >= 0.6 is 15.9 Å². The predicted molar refractivity (Wildman–Crippen MR) is 88.8 cm³/mol. The highest BCUT2D eigenvalue weighted by molar-refractivity contribution is 9.10. The van der Waals surface area contributed by atoms with Crippen LogP contribution in [0.2, 0.25) is 0 Å². The van der Waals surface area contributed by atoms with Crippen LogP contribution in [-0.2, 0) is 13.1 Å². The van der Waals surface area contributed by atoms with Crippen LogP contribution in [0.15, 0.2) is 47.5 Å². The van der Waals surface area contributed by atoms with E-state index in [1.165, 1.54) is 11.1 Å². The highest BCUT2D eigenvalue weighted by Crippen LogP contribution is 2.31. The Morgan fingerprint density at radius 2 is 1.70 bits per heavy atom. The third-order valence-electron chi connectivity index (χ3n) is 4.13. The van der Waals surface area contributed by atoms with Crippen LogP contribution in [-0.4, -0.2) is 29.6 Å². The van der Waals surface area contributed by atoms with E-state index in [-0.39, 0.29) is 6.04 Å². The number of hydrogen-bond donors (Lipinski definition) is 0. The summed E-state index contributed by atoms with van der Waals surface area (Å²) < 4.78 is 2.25. The van der Waals surface area contributed by atoms with Gasteiger partial charge in [-0.1, -0.05) is 24.3 Å². The Labute approximate surface area is 142 Å². The average Bonchev–Trinajstić information content (AvgIpc) is 3.18. The number of fused-ring (bicyclic) bond motifs is 1. The summed E-state index contributed by atoms with van der Waals surface area (Å²) in [4.78, 5) is 15.5. The van der Waals surface area contributed by atoms with Crippen molar-refractivity contribution >= 4 is 15.9 Å². The van der Waals surface area contributed by atoms with E-state index in [4.69, 9.17) is 0 Å². The second-order valence-corrected chi connectivity index (χ2v) is 6.26. The van der Waals surface area contributed by atoms with Crippen LogP contribution in [0.4, 0.5) is 0 Å². The Morgan fingerprint density at radius 1 is 1.04 bits per heavy atom. The molecule has 1 aromatic carbocycles. The molecule has 1 aliphatic heterocycles. The fourth-order valence-corrected chi connectivity index (χ4v) is 3.25. The quantitative estimate of drug-likeness (QED) is 0.709. The molecule has 7 heteroatoms. The second kappa shape index (κ2) is 5.82. The SMILES string of the molecule is CC(c1nc(Br)nn1-c1ncccn1)N1Cc2ccccc2C1. The Morgan fingerprint density at radius 3 is 2.35 bits per heavy atom. The first kappa shape index (κ1) is 14.5. The summed E-state index contributed by atoms with van der Waals surface area (Å²) in [5.74, 6) is 1.36. The molecule has 0 amide bonds. The molecule has 0 saturated carbocycles. The summed E-state index contributed by atoms with van der Waals surface area (Å²) in [6.07, 6.45) is 3.41. The van der Waals surface area contributed by atoms with Crippen molar-refractivity contribution in [3.05, 3.63) is 64.4 Å². The van der Waals surface area contributed by atoms with Gasteiger partial charge in [0.1, 0.15) is 0 Å². The molecule has 23 heavy (non-hydrogen) atoms. The van der Waals surface area contributed by atoms with Crippen LogP contribution in [0.3, 0.4) is 0 Å². The van der Waals surface area contributed by atoms with Gasteiger partial charge in [-0.2, -0.15) is 4.68 Å². The van der Waals surface area contributed by atoms with Crippen molar-refractivity contribution in [1.29, 1.82) is 0 Å². The van der Waals surface area contributed by atoms with E-state index in [0.29, 0.717) is 10.7 Å². The van der Waals surface area contributed by atoms with Gasteiger partial charge in [0.2, 0.25) is 4.73 Å². The molecule has 1 unspecified atom stereocenters. The van der Waals surface area contributed by atoms with Crippen molar-refractivity contribution in [2.45, 2.75) is 26.1 Å². The fourth-order valence-electron chi connectivity index (χ4n) is 2.91. The lowest BCUT2D eigenvalue weighted by atomic mass is 10.1. The summed E-state index contributed by atoms with van der Waals surface area (Å²) in [5.41, 5.74) is 2.75. The first-order valence-electron chi connectivity index (χ1n) is 7.43. The Balaban J connectivity index is 1.67. The largest absolute Gasteiger partial charge is 0.285 e. The molecule has 0 radical (unpaired) electrons. The van der Waals surface area contributed by atoms with Crippen molar-refractivity contribution in [2.24, 2.45) is 0 Å². The molecule has 4 rings (SSSR count). The van der Waals surface area contributed by atoms with Crippen molar-refractivity contribution in [3.63, 3.8) is 0 Å². The minimum Gasteiger partial charge on any atom is -0.285 e. The van der Waals surface area contributed by atoms with Gasteiger partial charge in [-0.15, -0.1) is 5.10 Å². The topological polar surface area (TPSA) is 59.7 Å². The van der Waals surface area contributed by atoms with E-state index in [1.54, 1.807) is 23.1 Å². The van der Waals surface area contributed by atoms with Crippen molar-refractivity contribution in [1.82, 2.24) is 29.6 Å². The molecule has 116 valence electrons. The summed E-state index contributed by atoms with van der Waals surface area (Å²) in [5, 5.41) is 4.39. The number of halogens is 1. The van der Waals surface area contributed by atoms with Gasteiger partial charge in [-0.25, -0.2) is 15.0 Å². The molecule has 1 aliphatic rings. The van der Waals surface area contributed by atoms with E-state index in [0.717, 1.165) is 18.9 Å². The molecule has 0 N–H and O–H groups in total. The minimum atomic E-state index is 0.102. The van der Waals surface area contributed by atoms with Crippen molar-refractivity contribution < 1.29 is 0 Å². The second-order valence-electron chi connectivity index (χ2n) is 5.55. The molecule has 3 heterocycles. The Kier molecular flexibility index (Phi) is 3.66. The fraction of sp³-hybridized carbons (Fsp3) is 0.250. The van der Waals surface area contributed by atoms with Gasteiger partial charge in [-0.05, 0) is 40.0 Å². The average molecular weight is 371 g/mol. The van der Waals surface area contributed by atoms with Crippen LogP contribution in [0, 0.1) is 0 Å². The standard InChI is InChI=1S/C16H15BrN6/c1-11(22-9-12-5-2-3-6-13(12)10-22)14-20-15(17)21-23(14)16-18-7-4-8-19-16/h2-8,11H,9-10H2,1H3. The maximum atomic E-state index is 4.54. The monoisotopic (exact) mass is 370 g/mol. The zero-order valence-corrected chi connectivity index (χ0v) is 14.2. The lowest BCUT2D eigenvalue weighted by molar-refractivity contribution is 0.204. The van der Waals surface area contributed by atoms with Crippen molar-refractivity contribution in [2.75, 3.05) is 0 Å². The van der Waals surface area contributed by atoms with Gasteiger partial charge in [0.25, 0.3) is 5.95 Å². The van der Waals surface area contributed by atoms with E-state index in [2.05, 4.69) is 72.1 Å². The molecule has 3 aromatic rings. The minimum absolute atomic E-state index is 0.102. The van der Waals surface area contributed by atoms with E-state index >= 15 is 0 Å². The van der Waals surface area contributed by atoms with E-state index in [1.807, 2.05) is 0 Å². The van der Waals surface area contributed by atoms with Crippen LogP contribution in [0.5, 0.6) is 0 Å². The number of hydrogen-bond acceptors (Lipinski definition) is 5. The maximum absolute atomic E-state index is 4.54. The van der Waals surface area contributed by atoms with Gasteiger partial charge in [0, 0.05) is 25.5 Å². The molecule has 0 saturated heterocycles. The number of benzene rings is 1. The van der Waals surface area contributed by atoms with Gasteiger partial charge in [0.05, 0.1) is 6.04 Å². The number of nitrogens with zero attached hydrogens (tertiary/aromatic N) is 6. The molecule has 0 fully saturated rings. The summed E-state index contributed by atoms with van der Waals surface area (Å²) >= 11 is 3.37. The zero-order chi connectivity index (χ0) is 15.8. The Hall–Kier alpha value is -2.12. The first-order chi connectivity index (χ1) is 11.2. The van der Waals surface area contributed by atoms with Gasteiger partial charge < -0.3 is 0 Å². The molecule has 0 spiro atoms. The molecule has 2 aromatic heterocycles. The molecule has 1 atom stereocenters. The lowest BCUT2D eigenvalue weighted by Crippen LogP contribution is -2.24. The summed E-state index contributed by atoms with van der Waals surface area (Å²) in [6.45, 7) is 3.97. The van der Waals surface area contributed by atoms with E-state index < -0.39 is 0 Å². The molecule has 6 nitrogen and oxygen atoms in total. The zero-order valence-electron chi connectivity index (χ0n) is 12.6. The van der Waals surface area contributed by atoms with Crippen LogP contribution in [0.1, 0.15) is 29.9 Å². The van der Waals surface area contributed by atoms with Crippen LogP contribution < -0.4 is 0 Å². The van der Waals surface area contributed by atoms with Gasteiger partial charge in [-0.3, -0.25) is 4.90 Å². The lowest BCUT2D eigenvalue weighted by Gasteiger charge is -2.22. The highest BCUT2D eigenvalue weighted by Gasteiger charge is 2.28. The molecule has 0 bridgehead atoms. The Bertz CT molecular complexity index is 807. The van der Waals surface area contributed by atoms with Gasteiger partial charge >= 0.3 is 0 Å². The maximum Gasteiger partial charge on any atom is 0.252 e. The summed E-state index contributed by atoms with van der Waals surface area (Å²) in [6, 6.07) is 10.4. The number of aromatic nitrogens is 5. The third-order valence-corrected chi connectivity index (χ3v) is 4.47.